The standard InChI is InChI=1S/C32H33ClFN7O3/c1-6-22(43)39-14-15-40-19(16-39)11-13-38(5)29-24-30(40)37-32(44)41(28-18(4)10-12-35-26(28)17(2)3)31(24)36-27(25(29)34)23-20(33)8-7-9-21(23)42/h6-10,12,17,19,42H,1,11,13-16H2,2-5H3. The number of benzene rings is 1. The van der Waals surface area contributed by atoms with Crippen molar-refractivity contribution >= 4 is 40.0 Å². The van der Waals surface area contributed by atoms with E-state index >= 15 is 4.39 Å². The third-order valence-corrected chi connectivity index (χ3v) is 8.81. The van der Waals surface area contributed by atoms with Crippen LogP contribution in [0.3, 0.4) is 0 Å². The summed E-state index contributed by atoms with van der Waals surface area (Å²) in [5.74, 6) is -0.857. The predicted molar refractivity (Wildman–Crippen MR) is 170 cm³/mol. The number of aromatic nitrogens is 4. The van der Waals surface area contributed by atoms with Gasteiger partial charge in [0.15, 0.2) is 11.5 Å². The number of carbonyl (C=O) groups excluding carboxylic acids is 1. The number of aromatic hydroxyl groups is 1. The van der Waals surface area contributed by atoms with Crippen molar-refractivity contribution in [1.82, 2.24) is 24.4 Å². The molecule has 0 spiro atoms. The molecular formula is C32H33ClFN7O3. The molecule has 5 heterocycles. The van der Waals surface area contributed by atoms with Crippen LogP contribution in [-0.4, -0.2) is 74.7 Å². The summed E-state index contributed by atoms with van der Waals surface area (Å²) in [6.45, 7) is 11.1. The molecule has 1 fully saturated rings. The molecule has 1 amide bonds. The summed E-state index contributed by atoms with van der Waals surface area (Å²) in [4.78, 5) is 46.2. The van der Waals surface area contributed by atoms with E-state index in [1.54, 1.807) is 41.2 Å². The summed E-state index contributed by atoms with van der Waals surface area (Å²) >= 11 is 6.53. The van der Waals surface area contributed by atoms with Crippen LogP contribution in [0.5, 0.6) is 5.75 Å². The fraction of sp³-hybridized carbons (Fsp3) is 0.344. The first-order valence-corrected chi connectivity index (χ1v) is 14.9. The van der Waals surface area contributed by atoms with Gasteiger partial charge in [0.2, 0.25) is 5.91 Å². The number of aryl methyl sites for hydroxylation is 1. The quantitative estimate of drug-likeness (QED) is 0.325. The van der Waals surface area contributed by atoms with E-state index in [1.165, 1.54) is 16.7 Å². The smallest absolute Gasteiger partial charge is 0.355 e. The number of amides is 1. The first-order chi connectivity index (χ1) is 21.0. The Kier molecular flexibility index (Phi) is 7.53. The van der Waals surface area contributed by atoms with Crippen molar-refractivity contribution in [2.24, 2.45) is 0 Å². The minimum absolute atomic E-state index is 0.0269. The zero-order valence-electron chi connectivity index (χ0n) is 25.0. The van der Waals surface area contributed by atoms with Crippen molar-refractivity contribution < 1.29 is 14.3 Å². The maximum atomic E-state index is 16.9. The fourth-order valence-electron chi connectivity index (χ4n) is 6.32. The third kappa shape index (κ3) is 4.66. The highest BCUT2D eigenvalue weighted by Crippen LogP contribution is 2.44. The van der Waals surface area contributed by atoms with Gasteiger partial charge in [0.1, 0.15) is 17.3 Å². The Labute approximate surface area is 259 Å². The van der Waals surface area contributed by atoms with Crippen LogP contribution >= 0.6 is 11.6 Å². The van der Waals surface area contributed by atoms with E-state index in [0.29, 0.717) is 55.2 Å². The number of fused-ring (bicyclic) bond motifs is 2. The summed E-state index contributed by atoms with van der Waals surface area (Å²) in [6.07, 6.45) is 3.55. The number of phenolic OH excluding ortho intramolecular Hbond substituents is 1. The number of anilines is 2. The van der Waals surface area contributed by atoms with Crippen LogP contribution in [0.25, 0.3) is 28.0 Å². The first-order valence-electron chi connectivity index (χ1n) is 14.5. The van der Waals surface area contributed by atoms with Gasteiger partial charge in [0.25, 0.3) is 0 Å². The molecule has 1 atom stereocenters. The third-order valence-electron chi connectivity index (χ3n) is 8.50. The summed E-state index contributed by atoms with van der Waals surface area (Å²) in [5.41, 5.74) is 1.55. The molecule has 6 rings (SSSR count). The lowest BCUT2D eigenvalue weighted by Crippen LogP contribution is -2.56. The number of hydrogen-bond acceptors (Lipinski definition) is 8. The highest BCUT2D eigenvalue weighted by Gasteiger charge is 2.37. The normalized spacial score (nSPS) is 16.6. The van der Waals surface area contributed by atoms with Gasteiger partial charge in [-0.3, -0.25) is 9.78 Å². The van der Waals surface area contributed by atoms with Gasteiger partial charge < -0.3 is 19.8 Å². The van der Waals surface area contributed by atoms with Gasteiger partial charge in [-0.1, -0.05) is 38.1 Å². The van der Waals surface area contributed by atoms with E-state index < -0.39 is 11.5 Å². The molecule has 3 aromatic heterocycles. The molecule has 4 aromatic rings. The van der Waals surface area contributed by atoms with Gasteiger partial charge in [-0.15, -0.1) is 0 Å². The van der Waals surface area contributed by atoms with Crippen molar-refractivity contribution in [2.45, 2.75) is 39.2 Å². The predicted octanol–water partition coefficient (Wildman–Crippen LogP) is 4.82. The van der Waals surface area contributed by atoms with Crippen LogP contribution in [-0.2, 0) is 4.79 Å². The van der Waals surface area contributed by atoms with Crippen molar-refractivity contribution in [3.63, 3.8) is 0 Å². The lowest BCUT2D eigenvalue weighted by molar-refractivity contribution is -0.126. The molecule has 1 unspecified atom stereocenters. The van der Waals surface area contributed by atoms with Crippen LogP contribution < -0.4 is 15.5 Å². The summed E-state index contributed by atoms with van der Waals surface area (Å²) < 4.78 is 18.3. The van der Waals surface area contributed by atoms with Gasteiger partial charge in [-0.2, -0.15) is 4.98 Å². The van der Waals surface area contributed by atoms with Gasteiger partial charge in [0, 0.05) is 45.5 Å². The minimum Gasteiger partial charge on any atom is -0.507 e. The monoisotopic (exact) mass is 617 g/mol. The van der Waals surface area contributed by atoms with E-state index in [0.717, 1.165) is 5.56 Å². The number of rotatable bonds is 4. The average molecular weight is 618 g/mol. The van der Waals surface area contributed by atoms with Gasteiger partial charge in [-0.05, 0) is 49.1 Å². The second-order valence-electron chi connectivity index (χ2n) is 11.6. The summed E-state index contributed by atoms with van der Waals surface area (Å²) in [5, 5.41) is 11.3. The molecule has 0 bridgehead atoms. The van der Waals surface area contributed by atoms with E-state index in [4.69, 9.17) is 16.6 Å². The van der Waals surface area contributed by atoms with Gasteiger partial charge >= 0.3 is 5.69 Å². The van der Waals surface area contributed by atoms with Crippen molar-refractivity contribution in [1.29, 1.82) is 0 Å². The van der Waals surface area contributed by atoms with Gasteiger partial charge in [0.05, 0.1) is 33.0 Å². The topological polar surface area (TPSA) is 108 Å². The average Bonchev–Trinajstić information content (AvgIpc) is 2.99. The van der Waals surface area contributed by atoms with Crippen LogP contribution in [0.4, 0.5) is 15.9 Å². The number of piperazine rings is 1. The lowest BCUT2D eigenvalue weighted by Gasteiger charge is -2.44. The number of nitrogens with zero attached hydrogens (tertiary/aromatic N) is 7. The van der Waals surface area contributed by atoms with Crippen LogP contribution in [0.1, 0.15) is 37.4 Å². The molecule has 2 aliphatic rings. The maximum Gasteiger partial charge on any atom is 0.355 e. The van der Waals surface area contributed by atoms with Crippen LogP contribution in [0.15, 0.2) is 47.9 Å². The van der Waals surface area contributed by atoms with Crippen molar-refractivity contribution in [3.05, 3.63) is 75.7 Å². The molecule has 1 saturated heterocycles. The summed E-state index contributed by atoms with van der Waals surface area (Å²) in [7, 11) is 1.77. The Morgan fingerprint density at radius 3 is 2.66 bits per heavy atom. The molecule has 0 aliphatic carbocycles. The molecule has 2 aliphatic heterocycles. The SMILES string of the molecule is C=CC(=O)N1CCN2c3nc(=O)n(-c4c(C)ccnc4C(C)C)c4nc(-c5c(O)cccc5Cl)c(F)c(c34)N(C)CCC2C1. The molecule has 44 heavy (non-hydrogen) atoms. The Balaban J connectivity index is 1.75. The second-order valence-corrected chi connectivity index (χ2v) is 12.0. The fourth-order valence-corrected chi connectivity index (χ4v) is 6.58. The number of pyridine rings is 2. The number of halogens is 2. The van der Waals surface area contributed by atoms with Crippen LogP contribution in [0.2, 0.25) is 5.02 Å². The molecule has 228 valence electrons. The van der Waals surface area contributed by atoms with Crippen molar-refractivity contribution in [3.8, 4) is 22.7 Å². The zero-order chi connectivity index (χ0) is 31.4. The van der Waals surface area contributed by atoms with E-state index in [9.17, 15) is 14.7 Å². The Hall–Kier alpha value is -4.51. The molecule has 0 saturated carbocycles. The minimum atomic E-state index is -0.692. The molecule has 12 heteroatoms. The van der Waals surface area contributed by atoms with Gasteiger partial charge in [-0.25, -0.2) is 18.7 Å². The lowest BCUT2D eigenvalue weighted by atomic mass is 10.0. The Morgan fingerprint density at radius 1 is 1.18 bits per heavy atom. The van der Waals surface area contributed by atoms with Crippen molar-refractivity contribution in [2.75, 3.05) is 43.0 Å². The number of carbonyl (C=O) groups is 1. The summed E-state index contributed by atoms with van der Waals surface area (Å²) in [6, 6.07) is 6.15. The molecule has 1 aromatic carbocycles. The largest absolute Gasteiger partial charge is 0.507 e. The second kappa shape index (κ2) is 11.2. The van der Waals surface area contributed by atoms with E-state index in [2.05, 4.69) is 16.5 Å². The molecule has 0 radical (unpaired) electrons. The molecule has 1 N–H and O–H groups in total. The number of hydrogen-bond donors (Lipinski definition) is 1. The highest BCUT2D eigenvalue weighted by atomic mass is 35.5. The highest BCUT2D eigenvalue weighted by molar-refractivity contribution is 6.33. The zero-order valence-corrected chi connectivity index (χ0v) is 25.8. The molecular weight excluding hydrogens is 585 g/mol. The first kappa shape index (κ1) is 29.6. The Bertz CT molecular complexity index is 1870. The maximum absolute atomic E-state index is 16.9. The molecule has 10 nitrogen and oxygen atoms in total. The Morgan fingerprint density at radius 2 is 1.95 bits per heavy atom. The van der Waals surface area contributed by atoms with E-state index in [-0.39, 0.29) is 51.2 Å². The van der Waals surface area contributed by atoms with E-state index in [1.807, 2.05) is 25.7 Å². The number of phenols is 1. The van der Waals surface area contributed by atoms with Crippen LogP contribution in [0, 0.1) is 12.7 Å².